The third kappa shape index (κ3) is 2.62. The highest BCUT2D eigenvalue weighted by atomic mass is 16.7. The van der Waals surface area contributed by atoms with Crippen LogP contribution in [0.5, 0.6) is 17.2 Å². The van der Waals surface area contributed by atoms with Crippen molar-refractivity contribution in [1.29, 1.82) is 0 Å². The number of benzene rings is 2. The highest BCUT2D eigenvalue weighted by Gasteiger charge is 2.25. The van der Waals surface area contributed by atoms with E-state index in [-0.39, 0.29) is 19.4 Å². The summed E-state index contributed by atoms with van der Waals surface area (Å²) in [6, 6.07) is 11.7. The normalized spacial score (nSPS) is 20.4. The first-order valence-electron chi connectivity index (χ1n) is 8.51. The quantitative estimate of drug-likeness (QED) is 0.615. The summed E-state index contributed by atoms with van der Waals surface area (Å²) < 4.78 is 21.5. The molecule has 0 aromatic heterocycles. The highest BCUT2D eigenvalue weighted by Crippen LogP contribution is 2.34. The Balaban J connectivity index is 1.49. The Morgan fingerprint density at radius 1 is 0.808 bits per heavy atom. The van der Waals surface area contributed by atoms with Crippen molar-refractivity contribution < 1.29 is 23.7 Å². The molecule has 0 N–H and O–H groups in total. The van der Waals surface area contributed by atoms with E-state index < -0.39 is 0 Å². The topological polar surface area (TPSA) is 54.0 Å². The molecule has 0 aliphatic carbocycles. The van der Waals surface area contributed by atoms with Gasteiger partial charge in [0, 0.05) is 12.0 Å². The minimum Gasteiger partial charge on any atom is -0.493 e. The molecule has 0 amide bonds. The van der Waals surface area contributed by atoms with E-state index in [2.05, 4.69) is 6.07 Å². The smallest absolute Gasteiger partial charge is 0.338 e. The molecule has 2 aromatic carbocycles. The van der Waals surface area contributed by atoms with Gasteiger partial charge in [0.05, 0.1) is 12.2 Å². The Kier molecular flexibility index (Phi) is 3.45. The molecule has 5 nitrogen and oxygen atoms in total. The largest absolute Gasteiger partial charge is 0.493 e. The van der Waals surface area contributed by atoms with Gasteiger partial charge in [-0.1, -0.05) is 12.1 Å². The summed E-state index contributed by atoms with van der Waals surface area (Å²) in [7, 11) is 0. The fourth-order valence-corrected chi connectivity index (χ4v) is 3.37. The van der Waals surface area contributed by atoms with Crippen molar-refractivity contribution in [3.05, 3.63) is 64.2 Å². The number of cyclic esters (lactones) is 1. The van der Waals surface area contributed by atoms with Crippen LogP contribution in [0.25, 0.3) is 12.2 Å². The molecular weight excluding hydrogens is 332 g/mol. The average molecular weight is 348 g/mol. The number of fused-ring (bicyclic) bond motifs is 2. The van der Waals surface area contributed by atoms with Crippen molar-refractivity contribution >= 4 is 18.1 Å². The first-order valence-corrected chi connectivity index (χ1v) is 8.51. The van der Waals surface area contributed by atoms with Gasteiger partial charge in [0.1, 0.15) is 12.4 Å². The van der Waals surface area contributed by atoms with Crippen LogP contribution in [0.2, 0.25) is 0 Å². The number of esters is 1. The van der Waals surface area contributed by atoms with Crippen molar-refractivity contribution in [2.24, 2.45) is 0 Å². The maximum Gasteiger partial charge on any atom is 0.338 e. The molecular formula is C21H16O5. The number of rotatable bonds is 2. The number of hydrogen-bond donors (Lipinski definition) is 0. The van der Waals surface area contributed by atoms with Gasteiger partial charge in [0.15, 0.2) is 11.5 Å². The Hall–Kier alpha value is -3.21. The average Bonchev–Trinajstić information content (AvgIpc) is 3.37. The molecule has 0 bridgehead atoms. The zero-order valence-electron chi connectivity index (χ0n) is 14.0. The summed E-state index contributed by atoms with van der Waals surface area (Å²) in [5, 5.41) is 0. The fraction of sp³-hybridized carbons (Fsp3) is 0.190. The lowest BCUT2D eigenvalue weighted by atomic mass is 10.0. The van der Waals surface area contributed by atoms with Gasteiger partial charge < -0.3 is 18.9 Å². The Bertz CT molecular complexity index is 970. The van der Waals surface area contributed by atoms with Gasteiger partial charge in [-0.15, -0.1) is 0 Å². The van der Waals surface area contributed by atoms with Gasteiger partial charge in [-0.2, -0.15) is 0 Å². The SMILES string of the molecule is O=C1OCC(=C/c2ccc3c(c2)CCO3)/C1=C\c1ccc2c(c1)OCO2. The van der Waals surface area contributed by atoms with E-state index in [0.717, 1.165) is 41.2 Å². The molecule has 1 fully saturated rings. The second kappa shape index (κ2) is 5.95. The number of ether oxygens (including phenoxy) is 4. The standard InChI is InChI=1S/C21H16O5/c22-21-17(9-14-2-4-19-20(10-14)26-12-25-19)16(11-24-21)8-13-1-3-18-15(7-13)5-6-23-18/h1-4,7-10H,5-6,11-12H2/b16-8-,17-9+. The van der Waals surface area contributed by atoms with E-state index in [9.17, 15) is 4.79 Å². The van der Waals surface area contributed by atoms with Gasteiger partial charge in [-0.05, 0) is 53.1 Å². The fourth-order valence-electron chi connectivity index (χ4n) is 3.37. The van der Waals surface area contributed by atoms with Crippen LogP contribution in [-0.2, 0) is 16.0 Å². The molecule has 130 valence electrons. The maximum atomic E-state index is 12.2. The number of hydrogen-bond acceptors (Lipinski definition) is 5. The van der Waals surface area contributed by atoms with Gasteiger partial charge in [-0.3, -0.25) is 0 Å². The van der Waals surface area contributed by atoms with Crippen LogP contribution in [-0.4, -0.2) is 26.0 Å². The minimum absolute atomic E-state index is 0.227. The van der Waals surface area contributed by atoms with Crippen LogP contribution in [0.15, 0.2) is 47.5 Å². The number of carbonyl (C=O) groups excluding carboxylic acids is 1. The lowest BCUT2D eigenvalue weighted by Gasteiger charge is -2.02. The molecule has 3 heterocycles. The van der Waals surface area contributed by atoms with Crippen LogP contribution >= 0.6 is 0 Å². The van der Waals surface area contributed by atoms with Crippen LogP contribution in [0.3, 0.4) is 0 Å². The van der Waals surface area contributed by atoms with E-state index in [1.807, 2.05) is 42.5 Å². The summed E-state index contributed by atoms with van der Waals surface area (Å²) in [5.74, 6) is 2.05. The van der Waals surface area contributed by atoms with E-state index in [4.69, 9.17) is 18.9 Å². The van der Waals surface area contributed by atoms with Crippen LogP contribution < -0.4 is 14.2 Å². The van der Waals surface area contributed by atoms with Gasteiger partial charge >= 0.3 is 5.97 Å². The lowest BCUT2D eigenvalue weighted by Crippen LogP contribution is -1.95. The van der Waals surface area contributed by atoms with Crippen LogP contribution in [0, 0.1) is 0 Å². The van der Waals surface area contributed by atoms with E-state index in [0.29, 0.717) is 11.3 Å². The van der Waals surface area contributed by atoms with Crippen LogP contribution in [0.4, 0.5) is 0 Å². The van der Waals surface area contributed by atoms with Gasteiger partial charge in [0.2, 0.25) is 6.79 Å². The van der Waals surface area contributed by atoms with Crippen molar-refractivity contribution in [3.8, 4) is 17.2 Å². The molecule has 0 spiro atoms. The first-order chi connectivity index (χ1) is 12.8. The van der Waals surface area contributed by atoms with Gasteiger partial charge in [0.25, 0.3) is 0 Å². The van der Waals surface area contributed by atoms with Crippen molar-refractivity contribution in [1.82, 2.24) is 0 Å². The summed E-state index contributed by atoms with van der Waals surface area (Å²) >= 11 is 0. The molecule has 0 atom stereocenters. The summed E-state index contributed by atoms with van der Waals surface area (Å²) in [4.78, 5) is 12.2. The second-order valence-electron chi connectivity index (χ2n) is 6.38. The summed E-state index contributed by atoms with van der Waals surface area (Å²) in [6.45, 7) is 1.24. The third-order valence-corrected chi connectivity index (χ3v) is 4.69. The molecule has 1 saturated heterocycles. The van der Waals surface area contributed by atoms with Crippen molar-refractivity contribution in [2.45, 2.75) is 6.42 Å². The second-order valence-corrected chi connectivity index (χ2v) is 6.38. The van der Waals surface area contributed by atoms with E-state index in [1.54, 1.807) is 0 Å². The zero-order chi connectivity index (χ0) is 17.5. The first kappa shape index (κ1) is 15.1. The van der Waals surface area contributed by atoms with Gasteiger partial charge in [-0.25, -0.2) is 4.79 Å². The molecule has 5 rings (SSSR count). The predicted octanol–water partition coefficient (Wildman–Crippen LogP) is 3.37. The Morgan fingerprint density at radius 2 is 1.62 bits per heavy atom. The zero-order valence-corrected chi connectivity index (χ0v) is 14.0. The Labute approximate surface area is 150 Å². The monoisotopic (exact) mass is 348 g/mol. The van der Waals surface area contributed by atoms with Crippen LogP contribution in [0.1, 0.15) is 16.7 Å². The lowest BCUT2D eigenvalue weighted by molar-refractivity contribution is -0.134. The van der Waals surface area contributed by atoms with Crippen molar-refractivity contribution in [3.63, 3.8) is 0 Å². The van der Waals surface area contributed by atoms with Crippen molar-refractivity contribution in [2.75, 3.05) is 20.0 Å². The molecule has 3 aliphatic rings. The van der Waals surface area contributed by atoms with E-state index >= 15 is 0 Å². The summed E-state index contributed by atoms with van der Waals surface area (Å²) in [6.07, 6.45) is 4.75. The predicted molar refractivity (Wildman–Crippen MR) is 95.1 cm³/mol. The highest BCUT2D eigenvalue weighted by molar-refractivity contribution is 6.02. The third-order valence-electron chi connectivity index (χ3n) is 4.69. The molecule has 0 saturated carbocycles. The summed E-state index contributed by atoms with van der Waals surface area (Å²) in [5.41, 5.74) is 4.55. The molecule has 5 heteroatoms. The molecule has 2 aromatic rings. The molecule has 0 unspecified atom stereocenters. The Morgan fingerprint density at radius 3 is 2.54 bits per heavy atom. The number of carbonyl (C=O) groups is 1. The maximum absolute atomic E-state index is 12.2. The molecule has 0 radical (unpaired) electrons. The molecule has 3 aliphatic heterocycles. The van der Waals surface area contributed by atoms with E-state index in [1.165, 1.54) is 5.56 Å². The molecule has 26 heavy (non-hydrogen) atoms. The minimum atomic E-state index is -0.307.